The Morgan fingerprint density at radius 3 is 2.92 bits per heavy atom. The van der Waals surface area contributed by atoms with Gasteiger partial charge in [0.05, 0.1) is 5.39 Å². The Balaban J connectivity index is 2.93. The predicted octanol–water partition coefficient (Wildman–Crippen LogP) is 3.06. The van der Waals surface area contributed by atoms with Crippen LogP contribution in [0.3, 0.4) is 0 Å². The first kappa shape index (κ1) is 8.07. The van der Waals surface area contributed by atoms with Crippen LogP contribution in [0, 0.1) is 0 Å². The summed E-state index contributed by atoms with van der Waals surface area (Å²) in [6.07, 6.45) is 1.47. The molecule has 5 heteroatoms. The third-order valence-corrected chi connectivity index (χ3v) is 2.47. The number of rotatable bonds is 0. The lowest BCUT2D eigenvalue weighted by Crippen LogP contribution is -1.77. The minimum Gasteiger partial charge on any atom is -0.480 e. The van der Waals surface area contributed by atoms with Gasteiger partial charge in [-0.2, -0.15) is 0 Å². The number of aromatic nitrogens is 1. The van der Waals surface area contributed by atoms with Crippen LogP contribution in [0.15, 0.2) is 26.0 Å². The van der Waals surface area contributed by atoms with Crippen LogP contribution >= 0.6 is 31.9 Å². The van der Waals surface area contributed by atoms with Gasteiger partial charge in [-0.3, -0.25) is 0 Å². The Kier molecular flexibility index (Phi) is 1.84. The van der Waals surface area contributed by atoms with Crippen molar-refractivity contribution < 1.29 is 9.52 Å². The lowest BCUT2D eigenvalue weighted by molar-refractivity contribution is 0.337. The maximum absolute atomic E-state index is 9.23. The van der Waals surface area contributed by atoms with E-state index < -0.39 is 0 Å². The third kappa shape index (κ3) is 1.13. The average molecular weight is 293 g/mol. The number of fused-ring (bicyclic) bond motifs is 1. The fourth-order valence-electron chi connectivity index (χ4n) is 0.984. The molecule has 62 valence electrons. The molecule has 2 rings (SSSR count). The summed E-state index contributed by atoms with van der Waals surface area (Å²) in [7, 11) is 0. The van der Waals surface area contributed by atoms with E-state index in [4.69, 9.17) is 4.42 Å². The number of hydrogen-bond donors (Lipinski definition) is 1. The van der Waals surface area contributed by atoms with Crippen molar-refractivity contribution in [3.8, 4) is 5.95 Å². The summed E-state index contributed by atoms with van der Waals surface area (Å²) in [5, 5.41) is 10.6. The van der Waals surface area contributed by atoms with Gasteiger partial charge in [-0.25, -0.2) is 4.98 Å². The van der Waals surface area contributed by atoms with E-state index in [-0.39, 0.29) is 5.95 Å². The first-order valence-electron chi connectivity index (χ1n) is 3.10. The van der Waals surface area contributed by atoms with Crippen molar-refractivity contribution in [2.75, 3.05) is 0 Å². The highest BCUT2D eigenvalue weighted by Crippen LogP contribution is 2.33. The SMILES string of the molecule is Oc1occ2cc(Br)nc(Br)c12. The van der Waals surface area contributed by atoms with Gasteiger partial charge in [0.2, 0.25) is 0 Å². The van der Waals surface area contributed by atoms with Crippen LogP contribution in [0.5, 0.6) is 5.95 Å². The van der Waals surface area contributed by atoms with Crippen molar-refractivity contribution in [3.63, 3.8) is 0 Å². The molecule has 2 heterocycles. The highest BCUT2D eigenvalue weighted by molar-refractivity contribution is 9.11. The van der Waals surface area contributed by atoms with Crippen molar-refractivity contribution in [1.82, 2.24) is 4.98 Å². The van der Waals surface area contributed by atoms with Crippen LogP contribution in [0.2, 0.25) is 0 Å². The van der Waals surface area contributed by atoms with Crippen LogP contribution in [-0.4, -0.2) is 10.1 Å². The second kappa shape index (κ2) is 2.74. The molecule has 0 bridgehead atoms. The molecule has 12 heavy (non-hydrogen) atoms. The van der Waals surface area contributed by atoms with Crippen molar-refractivity contribution >= 4 is 42.6 Å². The van der Waals surface area contributed by atoms with Gasteiger partial charge >= 0.3 is 0 Å². The van der Waals surface area contributed by atoms with E-state index in [2.05, 4.69) is 36.8 Å². The number of pyridine rings is 1. The number of halogens is 2. The van der Waals surface area contributed by atoms with Crippen LogP contribution in [0.4, 0.5) is 0 Å². The van der Waals surface area contributed by atoms with E-state index in [1.165, 1.54) is 6.26 Å². The standard InChI is InChI=1S/C7H3Br2NO2/c8-4-1-3-2-12-7(11)5(3)6(9)10-4/h1-2,11H. The highest BCUT2D eigenvalue weighted by Gasteiger charge is 2.10. The third-order valence-electron chi connectivity index (χ3n) is 1.49. The Bertz CT molecular complexity index is 438. The smallest absolute Gasteiger partial charge is 0.292 e. The Labute approximate surface area is 84.7 Å². The van der Waals surface area contributed by atoms with E-state index in [1.807, 2.05) is 0 Å². The van der Waals surface area contributed by atoms with Gasteiger partial charge in [0.15, 0.2) is 0 Å². The van der Waals surface area contributed by atoms with E-state index in [0.29, 0.717) is 14.6 Å². The number of furan rings is 1. The quantitative estimate of drug-likeness (QED) is 0.759. The Morgan fingerprint density at radius 2 is 2.17 bits per heavy atom. The molecule has 0 saturated carbocycles. The van der Waals surface area contributed by atoms with E-state index >= 15 is 0 Å². The van der Waals surface area contributed by atoms with Crippen molar-refractivity contribution in [2.45, 2.75) is 0 Å². The lowest BCUT2D eigenvalue weighted by Gasteiger charge is -1.93. The monoisotopic (exact) mass is 291 g/mol. The summed E-state index contributed by atoms with van der Waals surface area (Å²) in [6.45, 7) is 0. The molecule has 0 saturated heterocycles. The number of nitrogens with zero attached hydrogens (tertiary/aromatic N) is 1. The topological polar surface area (TPSA) is 46.3 Å². The summed E-state index contributed by atoms with van der Waals surface area (Å²) in [5.74, 6) is -0.114. The first-order valence-corrected chi connectivity index (χ1v) is 4.69. The molecule has 0 atom stereocenters. The Morgan fingerprint density at radius 1 is 1.42 bits per heavy atom. The van der Waals surface area contributed by atoms with Gasteiger partial charge in [-0.15, -0.1) is 0 Å². The van der Waals surface area contributed by atoms with E-state index in [0.717, 1.165) is 5.39 Å². The minimum absolute atomic E-state index is 0.114. The van der Waals surface area contributed by atoms with Crippen LogP contribution in [0.1, 0.15) is 0 Å². The molecular formula is C7H3Br2NO2. The van der Waals surface area contributed by atoms with Crippen molar-refractivity contribution in [3.05, 3.63) is 21.5 Å². The molecule has 0 unspecified atom stereocenters. The second-order valence-corrected chi connectivity index (χ2v) is 3.80. The molecule has 2 aromatic rings. The molecule has 0 aromatic carbocycles. The molecule has 0 spiro atoms. The fraction of sp³-hybridized carbons (Fsp3) is 0. The molecule has 0 amide bonds. The molecule has 0 aliphatic carbocycles. The van der Waals surface area contributed by atoms with E-state index in [1.54, 1.807) is 6.07 Å². The van der Waals surface area contributed by atoms with Gasteiger partial charge in [0.1, 0.15) is 15.5 Å². The minimum atomic E-state index is -0.114. The largest absolute Gasteiger partial charge is 0.480 e. The number of hydrogen-bond acceptors (Lipinski definition) is 3. The fourth-order valence-corrected chi connectivity index (χ4v) is 2.24. The van der Waals surface area contributed by atoms with Gasteiger partial charge in [0.25, 0.3) is 5.95 Å². The summed E-state index contributed by atoms with van der Waals surface area (Å²) in [4.78, 5) is 4.05. The van der Waals surface area contributed by atoms with Gasteiger partial charge < -0.3 is 9.52 Å². The van der Waals surface area contributed by atoms with Crippen LogP contribution in [0.25, 0.3) is 10.8 Å². The van der Waals surface area contributed by atoms with Crippen LogP contribution in [-0.2, 0) is 0 Å². The van der Waals surface area contributed by atoms with Gasteiger partial charge in [-0.05, 0) is 37.9 Å². The lowest BCUT2D eigenvalue weighted by atomic mass is 10.3. The summed E-state index contributed by atoms with van der Waals surface area (Å²) in [6, 6.07) is 1.77. The zero-order chi connectivity index (χ0) is 8.72. The maximum Gasteiger partial charge on any atom is 0.292 e. The summed E-state index contributed by atoms with van der Waals surface area (Å²) < 4.78 is 6.08. The maximum atomic E-state index is 9.23. The molecule has 1 N–H and O–H groups in total. The average Bonchev–Trinajstić information content (AvgIpc) is 2.31. The zero-order valence-electron chi connectivity index (χ0n) is 5.71. The summed E-state index contributed by atoms with van der Waals surface area (Å²) in [5.41, 5.74) is 0. The molecule has 0 fully saturated rings. The van der Waals surface area contributed by atoms with Crippen LogP contribution < -0.4 is 0 Å². The molecule has 0 aliphatic heterocycles. The summed E-state index contributed by atoms with van der Waals surface area (Å²) >= 11 is 6.44. The molecule has 3 nitrogen and oxygen atoms in total. The Hall–Kier alpha value is -0.550. The molecule has 0 radical (unpaired) electrons. The second-order valence-electron chi connectivity index (χ2n) is 2.24. The zero-order valence-corrected chi connectivity index (χ0v) is 8.89. The van der Waals surface area contributed by atoms with Crippen molar-refractivity contribution in [2.24, 2.45) is 0 Å². The van der Waals surface area contributed by atoms with Crippen molar-refractivity contribution in [1.29, 1.82) is 0 Å². The van der Waals surface area contributed by atoms with Gasteiger partial charge in [0, 0.05) is 5.39 Å². The number of aromatic hydroxyl groups is 1. The molecular weight excluding hydrogens is 290 g/mol. The van der Waals surface area contributed by atoms with E-state index in [9.17, 15) is 5.11 Å². The first-order chi connectivity index (χ1) is 5.68. The predicted molar refractivity (Wildman–Crippen MR) is 51.1 cm³/mol. The highest BCUT2D eigenvalue weighted by atomic mass is 79.9. The van der Waals surface area contributed by atoms with Gasteiger partial charge in [-0.1, -0.05) is 0 Å². The molecule has 2 aromatic heterocycles. The molecule has 0 aliphatic rings. The normalized spacial score (nSPS) is 10.8.